The monoisotopic (exact) mass is 484 g/mol. The zero-order valence-corrected chi connectivity index (χ0v) is 20.7. The Kier molecular flexibility index (Phi) is 5.72. The number of rotatable bonds is 5. The average molecular weight is 485 g/mol. The Morgan fingerprint density at radius 2 is 1.94 bits per heavy atom. The zero-order chi connectivity index (χ0) is 23.9. The molecular weight excluding hydrogens is 456 g/mol. The van der Waals surface area contributed by atoms with Crippen LogP contribution in [0.25, 0.3) is 43.5 Å². The van der Waals surface area contributed by atoms with Gasteiger partial charge < -0.3 is 20.4 Å². The van der Waals surface area contributed by atoms with Crippen molar-refractivity contribution in [2.24, 2.45) is 7.05 Å². The number of nitrogens with one attached hydrogen (secondary N) is 1. The summed E-state index contributed by atoms with van der Waals surface area (Å²) in [7, 11) is 3.98. The number of nitrogens with two attached hydrogens (primary N) is 1. The predicted octanol–water partition coefficient (Wildman–Crippen LogP) is 5.11. The lowest BCUT2D eigenvalue weighted by Gasteiger charge is -2.21. The number of hydrogen-bond acceptors (Lipinski definition) is 7. The topological polar surface area (TPSA) is 90.9 Å². The molecule has 1 aromatic carbocycles. The van der Waals surface area contributed by atoms with E-state index in [1.165, 1.54) is 4.88 Å². The van der Waals surface area contributed by atoms with E-state index >= 15 is 0 Å². The van der Waals surface area contributed by atoms with Crippen LogP contribution in [0.3, 0.4) is 0 Å². The van der Waals surface area contributed by atoms with Crippen LogP contribution in [0.5, 0.6) is 0 Å². The summed E-state index contributed by atoms with van der Waals surface area (Å²) in [6, 6.07) is 10.6. The maximum Gasteiger partial charge on any atom is 0.140 e. The highest BCUT2D eigenvalue weighted by Gasteiger charge is 2.24. The van der Waals surface area contributed by atoms with Gasteiger partial charge in [-0.15, -0.1) is 11.3 Å². The van der Waals surface area contributed by atoms with E-state index in [2.05, 4.69) is 45.6 Å². The van der Waals surface area contributed by atoms with Crippen molar-refractivity contribution in [2.45, 2.75) is 25.3 Å². The van der Waals surface area contributed by atoms with Crippen LogP contribution >= 0.6 is 11.3 Å². The van der Waals surface area contributed by atoms with Crippen molar-refractivity contribution >= 4 is 39.0 Å². The van der Waals surface area contributed by atoms with E-state index in [1.807, 2.05) is 37.3 Å². The Morgan fingerprint density at radius 3 is 2.77 bits per heavy atom. The molecule has 0 spiro atoms. The van der Waals surface area contributed by atoms with Crippen LogP contribution in [0, 0.1) is 0 Å². The number of nitrogens with zero attached hydrogens (tertiary/aromatic N) is 4. The molecule has 0 saturated carbocycles. The first-order valence-corrected chi connectivity index (χ1v) is 12.8. The van der Waals surface area contributed by atoms with Crippen LogP contribution in [0.1, 0.15) is 29.3 Å². The molecule has 0 atom stereocenters. The van der Waals surface area contributed by atoms with Crippen LogP contribution in [0.2, 0.25) is 0 Å². The number of nitrogen functional groups attached to an aromatic ring is 1. The third-order valence-electron chi connectivity index (χ3n) is 6.89. The molecule has 178 valence electrons. The summed E-state index contributed by atoms with van der Waals surface area (Å²) in [5, 5.41) is 7.42. The second-order valence-corrected chi connectivity index (χ2v) is 10.1. The Balaban J connectivity index is 1.47. The fraction of sp³-hybridized carbons (Fsp3) is 0.296. The van der Waals surface area contributed by atoms with Gasteiger partial charge in [0.05, 0.1) is 5.69 Å². The molecule has 1 fully saturated rings. The number of ether oxygens (including phenoxy) is 1. The zero-order valence-electron chi connectivity index (χ0n) is 19.9. The van der Waals surface area contributed by atoms with E-state index in [0.717, 1.165) is 81.8 Å². The molecule has 7 nitrogen and oxygen atoms in total. The van der Waals surface area contributed by atoms with E-state index in [4.69, 9.17) is 15.5 Å². The van der Waals surface area contributed by atoms with E-state index in [1.54, 1.807) is 11.3 Å². The van der Waals surface area contributed by atoms with Crippen molar-refractivity contribution in [3.63, 3.8) is 0 Å². The average Bonchev–Trinajstić information content (AvgIpc) is 3.49. The molecule has 0 bridgehead atoms. The van der Waals surface area contributed by atoms with Crippen molar-refractivity contribution in [1.29, 1.82) is 0 Å². The predicted molar refractivity (Wildman–Crippen MR) is 143 cm³/mol. The van der Waals surface area contributed by atoms with Gasteiger partial charge in [0.2, 0.25) is 0 Å². The largest absolute Gasteiger partial charge is 0.383 e. The number of benzene rings is 1. The highest BCUT2D eigenvalue weighted by Crippen LogP contribution is 2.41. The van der Waals surface area contributed by atoms with Crippen LogP contribution in [-0.4, -0.2) is 39.8 Å². The van der Waals surface area contributed by atoms with Crippen LogP contribution in [0.4, 0.5) is 5.82 Å². The lowest BCUT2D eigenvalue weighted by Crippen LogP contribution is -2.16. The highest BCUT2D eigenvalue weighted by molar-refractivity contribution is 7.15. The van der Waals surface area contributed by atoms with E-state index in [-0.39, 0.29) is 0 Å². The summed E-state index contributed by atoms with van der Waals surface area (Å²) >= 11 is 1.79. The summed E-state index contributed by atoms with van der Waals surface area (Å²) in [6.07, 6.45) is 7.85. The van der Waals surface area contributed by atoms with E-state index in [9.17, 15) is 0 Å². The summed E-state index contributed by atoms with van der Waals surface area (Å²) in [4.78, 5) is 15.5. The molecule has 0 amide bonds. The lowest BCUT2D eigenvalue weighted by atomic mass is 9.97. The van der Waals surface area contributed by atoms with Crippen molar-refractivity contribution in [3.05, 3.63) is 59.5 Å². The molecule has 0 radical (unpaired) electrons. The smallest absolute Gasteiger partial charge is 0.140 e. The molecule has 5 heterocycles. The number of anilines is 1. The Labute approximate surface area is 208 Å². The number of fused-ring (bicyclic) bond motifs is 2. The van der Waals surface area contributed by atoms with Crippen molar-refractivity contribution in [3.8, 4) is 21.7 Å². The molecule has 35 heavy (non-hydrogen) atoms. The third-order valence-corrected chi connectivity index (χ3v) is 8.19. The number of hydrogen-bond donors (Lipinski definition) is 2. The van der Waals surface area contributed by atoms with E-state index < -0.39 is 0 Å². The lowest BCUT2D eigenvalue weighted by molar-refractivity contribution is 0.0858. The molecule has 1 aliphatic heterocycles. The molecule has 5 aromatic rings. The van der Waals surface area contributed by atoms with Crippen molar-refractivity contribution < 1.29 is 4.74 Å². The first-order valence-electron chi connectivity index (χ1n) is 11.9. The number of aryl methyl sites for hydroxylation is 1. The molecule has 0 aliphatic carbocycles. The Bertz CT molecular complexity index is 1530. The van der Waals surface area contributed by atoms with Gasteiger partial charge in [0, 0.05) is 66.6 Å². The van der Waals surface area contributed by atoms with Gasteiger partial charge in [0.25, 0.3) is 0 Å². The minimum atomic E-state index is 0.498. The molecule has 6 rings (SSSR count). The summed E-state index contributed by atoms with van der Waals surface area (Å²) < 4.78 is 7.64. The van der Waals surface area contributed by atoms with Crippen LogP contribution < -0.4 is 11.1 Å². The molecule has 3 N–H and O–H groups in total. The summed E-state index contributed by atoms with van der Waals surface area (Å²) in [5.41, 5.74) is 11.7. The van der Waals surface area contributed by atoms with E-state index in [0.29, 0.717) is 11.7 Å². The third kappa shape index (κ3) is 3.87. The fourth-order valence-electron chi connectivity index (χ4n) is 5.07. The summed E-state index contributed by atoms with van der Waals surface area (Å²) in [5.74, 6) is 1.03. The number of pyridine rings is 2. The maximum atomic E-state index is 6.40. The minimum absolute atomic E-state index is 0.498. The second-order valence-electron chi connectivity index (χ2n) is 9.09. The first-order chi connectivity index (χ1) is 17.1. The standard InChI is InChI=1S/C27H28N6OS/c1-29-15-23-24(16-7-11-34-12-8-16)35-27(32-23)22-14-31-25(28)21-13-17(3-4-19(21)22)18-5-9-30-26-20(18)6-10-33(26)2/h3-6,9-10,13-14,16,29H,7-8,11-12,15H2,1-2H3,(H2,28,31). The van der Waals surface area contributed by atoms with Gasteiger partial charge in [-0.05, 0) is 60.5 Å². The fourth-order valence-corrected chi connectivity index (χ4v) is 6.34. The Hall–Kier alpha value is -3.33. The van der Waals surface area contributed by atoms with Gasteiger partial charge in [-0.1, -0.05) is 12.1 Å². The van der Waals surface area contributed by atoms with Gasteiger partial charge in [0.15, 0.2) is 0 Å². The van der Waals surface area contributed by atoms with Gasteiger partial charge in [0.1, 0.15) is 16.5 Å². The minimum Gasteiger partial charge on any atom is -0.383 e. The maximum absolute atomic E-state index is 6.40. The number of aromatic nitrogens is 4. The van der Waals surface area contributed by atoms with Gasteiger partial charge in [-0.2, -0.15) is 0 Å². The quantitative estimate of drug-likeness (QED) is 0.360. The highest BCUT2D eigenvalue weighted by atomic mass is 32.1. The molecule has 1 saturated heterocycles. The first kappa shape index (κ1) is 22.2. The van der Waals surface area contributed by atoms with Gasteiger partial charge in [-0.25, -0.2) is 15.0 Å². The normalized spacial score (nSPS) is 14.8. The summed E-state index contributed by atoms with van der Waals surface area (Å²) in [6.45, 7) is 2.38. The van der Waals surface area contributed by atoms with Crippen molar-refractivity contribution in [1.82, 2.24) is 24.8 Å². The van der Waals surface area contributed by atoms with Gasteiger partial charge >= 0.3 is 0 Å². The van der Waals surface area contributed by atoms with Crippen LogP contribution in [0.15, 0.2) is 48.9 Å². The molecule has 1 aliphatic rings. The number of thiazole rings is 1. The second kappa shape index (κ2) is 9.03. The van der Waals surface area contributed by atoms with Crippen LogP contribution in [-0.2, 0) is 18.3 Å². The van der Waals surface area contributed by atoms with Gasteiger partial charge in [-0.3, -0.25) is 0 Å². The Morgan fingerprint density at radius 1 is 1.09 bits per heavy atom. The molecule has 0 unspecified atom stereocenters. The van der Waals surface area contributed by atoms with Crippen molar-refractivity contribution in [2.75, 3.05) is 26.0 Å². The molecular formula is C27H28N6OS. The SMILES string of the molecule is CNCc1nc(-c2cnc(N)c3cc(-c4ccnc5c4ccn5C)ccc23)sc1C1CCOCC1. The molecule has 8 heteroatoms. The molecule has 4 aromatic heterocycles.